The van der Waals surface area contributed by atoms with Crippen molar-refractivity contribution in [1.82, 2.24) is 0 Å². The van der Waals surface area contributed by atoms with Crippen molar-refractivity contribution in [2.45, 2.75) is 140 Å². The summed E-state index contributed by atoms with van der Waals surface area (Å²) < 4.78 is 41.6. The molecule has 0 fully saturated rings. The molecule has 40 heavy (non-hydrogen) atoms. The third kappa shape index (κ3) is 6.80. The summed E-state index contributed by atoms with van der Waals surface area (Å²) in [7, 11) is -5.23. The third-order valence-corrected chi connectivity index (χ3v) is 34.6. The first kappa shape index (κ1) is 33.9. The number of rotatable bonds is 19. The second-order valence-electron chi connectivity index (χ2n) is 12.2. The zero-order valence-corrected chi connectivity index (χ0v) is 31.3. The van der Waals surface area contributed by atoms with Gasteiger partial charge in [0.1, 0.15) is 0 Å². The van der Waals surface area contributed by atoms with Crippen molar-refractivity contribution in [2.24, 2.45) is 0 Å². The van der Waals surface area contributed by atoms with Gasteiger partial charge in [-0.05, 0) is 0 Å². The van der Waals surface area contributed by atoms with Gasteiger partial charge in [0.15, 0.2) is 0 Å². The van der Waals surface area contributed by atoms with Crippen molar-refractivity contribution in [3.8, 4) is 0 Å². The first-order valence-electron chi connectivity index (χ1n) is 16.5. The Morgan fingerprint density at radius 2 is 1.40 bits per heavy atom. The molecule has 226 valence electrons. The van der Waals surface area contributed by atoms with Crippen LogP contribution < -0.4 is 4.31 Å². The standard InChI is InChI=1S/C21H30NO3SSi.3C4H9.Sn/c1-5-15-22-19-11-9-10-18-17(12-13-20(21(18)19)26(22,23)24)14-16-25-27(6-2,7-3)8-4;3*1-3-4-2;/h9-13,15H,5-8,14,16H2,1-4H3;3*1,3-4H2,2H3;. The topological polar surface area (TPSA) is 46.6 Å². The second kappa shape index (κ2) is 15.2. The molecule has 0 bridgehead atoms. The summed E-state index contributed by atoms with van der Waals surface area (Å²) >= 11 is -2.92. The molecule has 2 aromatic rings. The predicted molar refractivity (Wildman–Crippen MR) is 179 cm³/mol. The number of anilines is 1. The molecule has 1 unspecified atom stereocenters. The molecule has 0 radical (unpaired) electrons. The zero-order valence-electron chi connectivity index (χ0n) is 26.7. The van der Waals surface area contributed by atoms with Gasteiger partial charge in [-0.3, -0.25) is 0 Å². The van der Waals surface area contributed by atoms with Gasteiger partial charge in [0, 0.05) is 0 Å². The van der Waals surface area contributed by atoms with Crippen molar-refractivity contribution in [2.75, 3.05) is 10.9 Å². The first-order valence-corrected chi connectivity index (χ1v) is 28.1. The minimum atomic E-state index is -3.58. The molecule has 7 heteroatoms. The van der Waals surface area contributed by atoms with Gasteiger partial charge in [0.05, 0.1) is 0 Å². The van der Waals surface area contributed by atoms with E-state index in [1.165, 1.54) is 57.4 Å². The van der Waals surface area contributed by atoms with E-state index >= 15 is 0 Å². The number of unbranched alkanes of at least 4 members (excludes halogenated alkanes) is 3. The van der Waals surface area contributed by atoms with E-state index in [9.17, 15) is 8.42 Å². The summed E-state index contributed by atoms with van der Waals surface area (Å²) in [6.07, 6.45) is 9.07. The molecule has 0 spiro atoms. The molecular formula is C33H57NO3SSiSn. The van der Waals surface area contributed by atoms with E-state index < -0.39 is 36.7 Å². The van der Waals surface area contributed by atoms with Gasteiger partial charge in [-0.25, -0.2) is 0 Å². The van der Waals surface area contributed by atoms with Crippen LogP contribution >= 0.6 is 0 Å². The van der Waals surface area contributed by atoms with Crippen LogP contribution in [0.15, 0.2) is 35.2 Å². The van der Waals surface area contributed by atoms with Gasteiger partial charge in [0.25, 0.3) is 0 Å². The molecule has 1 heterocycles. The Hall–Kier alpha value is -0.574. The van der Waals surface area contributed by atoms with E-state index in [1.54, 1.807) is 0 Å². The molecule has 0 N–H and O–H groups in total. The summed E-state index contributed by atoms with van der Waals surface area (Å²) in [4.78, 5) is 0.530. The van der Waals surface area contributed by atoms with Crippen LogP contribution in [-0.2, 0) is 20.9 Å². The van der Waals surface area contributed by atoms with Crippen LogP contribution in [0.1, 0.15) is 99.0 Å². The molecule has 0 saturated carbocycles. The monoisotopic (exact) mass is 695 g/mol. The number of hydrogen-bond donors (Lipinski definition) is 0. The van der Waals surface area contributed by atoms with Crippen LogP contribution in [0.5, 0.6) is 0 Å². The molecule has 4 nitrogen and oxygen atoms in total. The van der Waals surface area contributed by atoms with E-state index in [0.717, 1.165) is 54.0 Å². The van der Waals surface area contributed by atoms with Gasteiger partial charge < -0.3 is 0 Å². The Balaban J connectivity index is 2.08. The molecule has 0 amide bonds. The Morgan fingerprint density at radius 3 is 1.90 bits per heavy atom. The normalized spacial score (nSPS) is 15.7. The third-order valence-electron chi connectivity index (χ3n) is 10.0. The van der Waals surface area contributed by atoms with Crippen molar-refractivity contribution < 1.29 is 12.8 Å². The van der Waals surface area contributed by atoms with Crippen LogP contribution in [0.2, 0.25) is 31.4 Å². The number of benzene rings is 2. The fourth-order valence-corrected chi connectivity index (χ4v) is 32.8. The molecule has 0 saturated heterocycles. The van der Waals surface area contributed by atoms with E-state index in [-0.39, 0.29) is 4.06 Å². The van der Waals surface area contributed by atoms with E-state index in [2.05, 4.69) is 72.7 Å². The second-order valence-corrected chi connectivity index (χ2v) is 32.7. The van der Waals surface area contributed by atoms with E-state index in [1.807, 2.05) is 10.4 Å². The summed E-state index contributed by atoms with van der Waals surface area (Å²) in [6.45, 7) is 16.7. The summed E-state index contributed by atoms with van der Waals surface area (Å²) in [5.74, 6) is 0. The van der Waals surface area contributed by atoms with Gasteiger partial charge in [-0.1, -0.05) is 0 Å². The van der Waals surface area contributed by atoms with Gasteiger partial charge in [-0.2, -0.15) is 0 Å². The van der Waals surface area contributed by atoms with Crippen LogP contribution in [0.25, 0.3) is 10.8 Å². The Morgan fingerprint density at radius 1 is 0.825 bits per heavy atom. The van der Waals surface area contributed by atoms with Crippen molar-refractivity contribution in [3.05, 3.63) is 35.9 Å². The first-order chi connectivity index (χ1) is 19.2. The zero-order chi connectivity index (χ0) is 29.4. The Bertz CT molecular complexity index is 1170. The van der Waals surface area contributed by atoms with Crippen molar-refractivity contribution in [3.63, 3.8) is 0 Å². The molecule has 0 aliphatic carbocycles. The van der Waals surface area contributed by atoms with E-state index in [0.29, 0.717) is 4.90 Å². The molecule has 0 aromatic heterocycles. The van der Waals surface area contributed by atoms with Gasteiger partial charge in [-0.15, -0.1) is 0 Å². The molecule has 2 aromatic carbocycles. The SMILES string of the molecule is CCC[CH2][Sn]([CH2]CCC)([CH2]CCC)[CH](CC)N1c2cccc3c(CCO[Si](CC)(CC)CC)ccc(c23)S1(=O)=O. The van der Waals surface area contributed by atoms with Gasteiger partial charge >= 0.3 is 253 Å². The van der Waals surface area contributed by atoms with Crippen LogP contribution in [0.4, 0.5) is 5.69 Å². The maximum absolute atomic E-state index is 14.4. The summed E-state index contributed by atoms with van der Waals surface area (Å²) in [5, 5.41) is 2.07. The average molecular weight is 695 g/mol. The molecular weight excluding hydrogens is 637 g/mol. The number of nitrogens with zero attached hydrogens (tertiary/aromatic N) is 1. The molecule has 1 aliphatic heterocycles. The van der Waals surface area contributed by atoms with Crippen molar-refractivity contribution in [1.29, 1.82) is 0 Å². The Labute approximate surface area is 251 Å². The molecule has 1 aliphatic rings. The van der Waals surface area contributed by atoms with Crippen molar-refractivity contribution >= 4 is 53.2 Å². The fourth-order valence-electron chi connectivity index (χ4n) is 7.35. The average Bonchev–Trinajstić information content (AvgIpc) is 3.20. The predicted octanol–water partition coefficient (Wildman–Crippen LogP) is 10.1. The number of hydrogen-bond acceptors (Lipinski definition) is 3. The molecule has 1 atom stereocenters. The Kier molecular flexibility index (Phi) is 12.9. The number of sulfonamides is 1. The quantitative estimate of drug-likeness (QED) is 0.138. The summed E-state index contributed by atoms with van der Waals surface area (Å²) in [6, 6.07) is 13.8. The van der Waals surface area contributed by atoms with Crippen LogP contribution in [0, 0.1) is 0 Å². The summed E-state index contributed by atoms with van der Waals surface area (Å²) in [5.41, 5.74) is 2.17. The molecule has 3 rings (SSSR count). The van der Waals surface area contributed by atoms with Crippen LogP contribution in [-0.4, -0.2) is 45.8 Å². The fraction of sp³-hybridized carbons (Fsp3) is 0.697. The van der Waals surface area contributed by atoms with Crippen LogP contribution in [0.3, 0.4) is 0 Å². The van der Waals surface area contributed by atoms with E-state index in [4.69, 9.17) is 4.43 Å². The maximum atomic E-state index is 14.4. The van der Waals surface area contributed by atoms with Gasteiger partial charge in [0.2, 0.25) is 0 Å². The minimum absolute atomic E-state index is 0.180.